The summed E-state index contributed by atoms with van der Waals surface area (Å²) in [5.41, 5.74) is -0.420. The van der Waals surface area contributed by atoms with Gasteiger partial charge in [-0.2, -0.15) is 0 Å². The van der Waals surface area contributed by atoms with E-state index in [4.69, 9.17) is 4.74 Å². The molecule has 1 rings (SSSR count). The number of nitrogens with zero attached hydrogens (tertiary/aromatic N) is 1. The molecular weight excluding hydrogens is 216 g/mol. The van der Waals surface area contributed by atoms with Gasteiger partial charge in [0.2, 0.25) is 0 Å². The number of hydrogen-bond donors (Lipinski definition) is 1. The van der Waals surface area contributed by atoms with E-state index in [1.54, 1.807) is 4.90 Å². The van der Waals surface area contributed by atoms with Crippen LogP contribution in [0.15, 0.2) is 12.2 Å². The SMILES string of the molecule is C#C.CC(C)(C)OC(=O)N1C/C=C\CNCC1.[HH]. The third-order valence-corrected chi connectivity index (χ3v) is 1.96. The number of carbonyl (C=O) groups is 1. The molecule has 0 radical (unpaired) electrons. The van der Waals surface area contributed by atoms with Crippen LogP contribution in [-0.2, 0) is 4.74 Å². The Bertz CT molecular complexity index is 282. The Balaban J connectivity index is 0. The number of ether oxygens (including phenoxy) is 1. The second-order valence-corrected chi connectivity index (χ2v) is 4.60. The first-order valence-corrected chi connectivity index (χ1v) is 5.66. The van der Waals surface area contributed by atoms with Crippen LogP contribution >= 0.6 is 0 Å². The first kappa shape index (κ1) is 15.5. The molecular formula is C13H24N2O2. The molecule has 0 aliphatic carbocycles. The van der Waals surface area contributed by atoms with Crippen LogP contribution < -0.4 is 5.32 Å². The summed E-state index contributed by atoms with van der Waals surface area (Å²) in [4.78, 5) is 13.4. The molecule has 4 heteroatoms. The van der Waals surface area contributed by atoms with Gasteiger partial charge < -0.3 is 15.0 Å². The minimum atomic E-state index is -0.420. The van der Waals surface area contributed by atoms with Crippen LogP contribution in [0.1, 0.15) is 22.2 Å². The van der Waals surface area contributed by atoms with Crippen LogP contribution in [0.2, 0.25) is 0 Å². The molecule has 0 atom stereocenters. The van der Waals surface area contributed by atoms with Crippen molar-refractivity contribution in [3.05, 3.63) is 12.2 Å². The fraction of sp³-hybridized carbons (Fsp3) is 0.615. The summed E-state index contributed by atoms with van der Waals surface area (Å²) in [6.45, 7) is 8.65. The van der Waals surface area contributed by atoms with Crippen molar-refractivity contribution in [2.75, 3.05) is 26.2 Å². The summed E-state index contributed by atoms with van der Waals surface area (Å²) >= 11 is 0. The Morgan fingerprint density at radius 1 is 1.41 bits per heavy atom. The molecule has 0 aromatic rings. The molecule has 0 saturated carbocycles. The van der Waals surface area contributed by atoms with Crippen LogP contribution in [0, 0.1) is 12.8 Å². The Morgan fingerprint density at radius 3 is 2.65 bits per heavy atom. The van der Waals surface area contributed by atoms with Crippen molar-refractivity contribution < 1.29 is 11.0 Å². The first-order chi connectivity index (χ1) is 7.99. The monoisotopic (exact) mass is 240 g/mol. The van der Waals surface area contributed by atoms with Gasteiger partial charge in [0, 0.05) is 27.6 Å². The fourth-order valence-corrected chi connectivity index (χ4v) is 1.27. The van der Waals surface area contributed by atoms with Crippen molar-refractivity contribution >= 4 is 6.09 Å². The van der Waals surface area contributed by atoms with Gasteiger partial charge in [-0.05, 0) is 20.8 Å². The average Bonchev–Trinajstić information content (AvgIpc) is 2.17. The smallest absolute Gasteiger partial charge is 0.410 e. The van der Waals surface area contributed by atoms with Gasteiger partial charge in [-0.3, -0.25) is 0 Å². The largest absolute Gasteiger partial charge is 0.444 e. The number of nitrogens with one attached hydrogen (secondary N) is 1. The zero-order chi connectivity index (χ0) is 13.3. The second-order valence-electron chi connectivity index (χ2n) is 4.60. The van der Waals surface area contributed by atoms with Crippen molar-refractivity contribution in [2.45, 2.75) is 26.4 Å². The van der Waals surface area contributed by atoms with E-state index >= 15 is 0 Å². The summed E-state index contributed by atoms with van der Waals surface area (Å²) in [5.74, 6) is 0. The summed E-state index contributed by atoms with van der Waals surface area (Å²) in [5, 5.41) is 3.20. The molecule has 0 aromatic heterocycles. The second kappa shape index (κ2) is 7.75. The molecule has 0 saturated heterocycles. The third-order valence-electron chi connectivity index (χ3n) is 1.96. The molecule has 0 fully saturated rings. The highest BCUT2D eigenvalue weighted by atomic mass is 16.6. The number of carbonyl (C=O) groups excluding carboxylic acids is 1. The molecule has 1 heterocycles. The van der Waals surface area contributed by atoms with E-state index in [9.17, 15) is 4.79 Å². The normalized spacial score (nSPS) is 18.1. The van der Waals surface area contributed by atoms with Crippen molar-refractivity contribution in [1.82, 2.24) is 10.2 Å². The lowest BCUT2D eigenvalue weighted by atomic mass is 10.2. The van der Waals surface area contributed by atoms with E-state index in [0.29, 0.717) is 13.1 Å². The van der Waals surface area contributed by atoms with Crippen molar-refractivity contribution in [2.24, 2.45) is 0 Å². The molecule has 0 aromatic carbocycles. The fourth-order valence-electron chi connectivity index (χ4n) is 1.27. The molecule has 17 heavy (non-hydrogen) atoms. The molecule has 1 aliphatic heterocycles. The average molecular weight is 240 g/mol. The van der Waals surface area contributed by atoms with Gasteiger partial charge in [-0.25, -0.2) is 4.79 Å². The lowest BCUT2D eigenvalue weighted by Crippen LogP contribution is -2.41. The maximum Gasteiger partial charge on any atom is 0.410 e. The van der Waals surface area contributed by atoms with E-state index < -0.39 is 5.60 Å². The van der Waals surface area contributed by atoms with Crippen LogP contribution in [0.3, 0.4) is 0 Å². The Morgan fingerprint density at radius 2 is 2.06 bits per heavy atom. The summed E-state index contributed by atoms with van der Waals surface area (Å²) in [6, 6.07) is 0. The van der Waals surface area contributed by atoms with Gasteiger partial charge in [0.05, 0.1) is 0 Å². The highest BCUT2D eigenvalue weighted by molar-refractivity contribution is 5.68. The van der Waals surface area contributed by atoms with Gasteiger partial charge >= 0.3 is 6.09 Å². The molecule has 98 valence electrons. The van der Waals surface area contributed by atoms with E-state index in [2.05, 4.69) is 18.2 Å². The van der Waals surface area contributed by atoms with Crippen LogP contribution in [0.4, 0.5) is 4.79 Å². The first-order valence-electron chi connectivity index (χ1n) is 5.66. The Kier molecular flexibility index (Phi) is 7.08. The summed E-state index contributed by atoms with van der Waals surface area (Å²) in [6.07, 6.45) is 11.8. The van der Waals surface area contributed by atoms with E-state index in [1.165, 1.54) is 0 Å². The molecule has 1 aliphatic rings. The highest BCUT2D eigenvalue weighted by Gasteiger charge is 2.21. The zero-order valence-electron chi connectivity index (χ0n) is 10.9. The Hall–Kier alpha value is -1.47. The van der Waals surface area contributed by atoms with Crippen molar-refractivity contribution in [1.29, 1.82) is 0 Å². The minimum absolute atomic E-state index is 0. The summed E-state index contributed by atoms with van der Waals surface area (Å²) < 4.78 is 5.30. The number of amides is 1. The quantitative estimate of drug-likeness (QED) is 0.519. The maximum atomic E-state index is 11.7. The van der Waals surface area contributed by atoms with Gasteiger partial charge in [0.25, 0.3) is 0 Å². The number of hydrogen-bond acceptors (Lipinski definition) is 3. The minimum Gasteiger partial charge on any atom is -0.444 e. The predicted molar refractivity (Wildman–Crippen MR) is 71.8 cm³/mol. The standard InChI is InChI=1S/C11H20N2O2.C2H2.H2/c1-11(2,3)15-10(14)13-8-5-4-6-12-7-9-13;1-2;/h4-5,12H,6-9H2,1-3H3;1-2H;1H/b5-4-;;. The van der Waals surface area contributed by atoms with Crippen LogP contribution in [0.25, 0.3) is 0 Å². The van der Waals surface area contributed by atoms with Gasteiger partial charge in [0.1, 0.15) is 5.60 Å². The Labute approximate surface area is 105 Å². The summed E-state index contributed by atoms with van der Waals surface area (Å²) in [7, 11) is 0. The van der Waals surface area contributed by atoms with Gasteiger partial charge in [0.15, 0.2) is 0 Å². The maximum absolute atomic E-state index is 11.7. The van der Waals surface area contributed by atoms with Crippen molar-refractivity contribution in [3.8, 4) is 12.8 Å². The van der Waals surface area contributed by atoms with Crippen molar-refractivity contribution in [3.63, 3.8) is 0 Å². The van der Waals surface area contributed by atoms with Crippen LogP contribution in [-0.4, -0.2) is 42.8 Å². The van der Waals surface area contributed by atoms with E-state index in [0.717, 1.165) is 13.1 Å². The molecule has 4 nitrogen and oxygen atoms in total. The number of rotatable bonds is 0. The van der Waals surface area contributed by atoms with Gasteiger partial charge in [-0.1, -0.05) is 12.2 Å². The molecule has 1 N–H and O–H groups in total. The van der Waals surface area contributed by atoms with Gasteiger partial charge in [-0.15, -0.1) is 12.8 Å². The van der Waals surface area contributed by atoms with E-state index in [-0.39, 0.29) is 7.52 Å². The molecule has 1 amide bonds. The highest BCUT2D eigenvalue weighted by Crippen LogP contribution is 2.09. The number of terminal acetylenes is 1. The lowest BCUT2D eigenvalue weighted by Gasteiger charge is -2.27. The van der Waals surface area contributed by atoms with Crippen LogP contribution in [0.5, 0.6) is 0 Å². The molecule has 0 spiro atoms. The molecule has 0 bridgehead atoms. The topological polar surface area (TPSA) is 41.6 Å². The predicted octanol–water partition coefficient (Wildman–Crippen LogP) is 1.88. The lowest BCUT2D eigenvalue weighted by molar-refractivity contribution is 0.0272. The van der Waals surface area contributed by atoms with E-state index in [1.807, 2.05) is 32.9 Å². The molecule has 0 unspecified atom stereocenters. The zero-order valence-corrected chi connectivity index (χ0v) is 10.9. The third kappa shape index (κ3) is 7.42.